The number of methoxy groups -OCH3 is 1. The van der Waals surface area contributed by atoms with Gasteiger partial charge in [0.1, 0.15) is 11.6 Å². The normalized spacial score (nSPS) is 15.0. The molecule has 0 bridgehead atoms. The number of carbonyl (C=O) groups is 3. The maximum atomic E-state index is 12.9. The van der Waals surface area contributed by atoms with E-state index in [0.717, 1.165) is 0 Å². The Morgan fingerprint density at radius 1 is 1.00 bits per heavy atom. The molecule has 0 aliphatic carbocycles. The lowest BCUT2D eigenvalue weighted by Gasteiger charge is -2.17. The third-order valence-corrected chi connectivity index (χ3v) is 5.38. The van der Waals surface area contributed by atoms with Crippen molar-refractivity contribution in [3.8, 4) is 17.2 Å². The number of hydrogen-bond acceptors (Lipinski definition) is 6. The topological polar surface area (TPSA) is 94.2 Å². The van der Waals surface area contributed by atoms with Crippen LogP contribution in [0.5, 0.6) is 17.2 Å². The molecule has 0 spiro atoms. The molecule has 35 heavy (non-hydrogen) atoms. The number of esters is 1. The summed E-state index contributed by atoms with van der Waals surface area (Å²) in [5.41, 5.74) is 1.000. The number of halogens is 1. The molecule has 2 amide bonds. The van der Waals surface area contributed by atoms with Crippen LogP contribution in [-0.2, 0) is 19.1 Å². The fourth-order valence-electron chi connectivity index (χ4n) is 3.62. The van der Waals surface area contributed by atoms with Crippen molar-refractivity contribution in [2.45, 2.75) is 6.42 Å². The number of carbonyl (C=O) groups excluding carboxylic acids is 3. The summed E-state index contributed by atoms with van der Waals surface area (Å²) >= 11 is 0. The van der Waals surface area contributed by atoms with Gasteiger partial charge in [0, 0.05) is 24.3 Å². The summed E-state index contributed by atoms with van der Waals surface area (Å²) in [5, 5.41) is 2.51. The number of ether oxygens (including phenoxy) is 3. The van der Waals surface area contributed by atoms with Crippen LogP contribution in [0.25, 0.3) is 0 Å². The van der Waals surface area contributed by atoms with Gasteiger partial charge in [0.25, 0.3) is 5.91 Å². The van der Waals surface area contributed by atoms with E-state index in [-0.39, 0.29) is 18.9 Å². The van der Waals surface area contributed by atoms with Gasteiger partial charge in [-0.25, -0.2) is 4.39 Å². The van der Waals surface area contributed by atoms with Gasteiger partial charge in [0.05, 0.1) is 13.0 Å². The summed E-state index contributed by atoms with van der Waals surface area (Å²) < 4.78 is 29.2. The predicted molar refractivity (Wildman–Crippen MR) is 126 cm³/mol. The van der Waals surface area contributed by atoms with Gasteiger partial charge >= 0.3 is 5.97 Å². The molecule has 1 N–H and O–H groups in total. The van der Waals surface area contributed by atoms with Crippen molar-refractivity contribution in [1.82, 2.24) is 0 Å². The molecular formula is C26H23FN2O6. The van der Waals surface area contributed by atoms with Crippen molar-refractivity contribution >= 4 is 29.2 Å². The number of hydrogen-bond donors (Lipinski definition) is 1. The van der Waals surface area contributed by atoms with Gasteiger partial charge in [-0.15, -0.1) is 0 Å². The SMILES string of the molecule is COc1ccccc1Oc1ccc(N2C[C@H](C(=O)OCC(=O)Nc3ccc(F)cc3)CC2=O)cc1. The van der Waals surface area contributed by atoms with Gasteiger partial charge in [-0.3, -0.25) is 14.4 Å². The molecule has 1 aliphatic heterocycles. The Labute approximate surface area is 201 Å². The average Bonchev–Trinajstić information content (AvgIpc) is 3.26. The summed E-state index contributed by atoms with van der Waals surface area (Å²) in [4.78, 5) is 38.4. The van der Waals surface area contributed by atoms with Crippen LogP contribution in [0, 0.1) is 11.7 Å². The predicted octanol–water partition coefficient (Wildman–Crippen LogP) is 4.16. The molecule has 8 nitrogen and oxygen atoms in total. The summed E-state index contributed by atoms with van der Waals surface area (Å²) in [6.45, 7) is -0.361. The highest BCUT2D eigenvalue weighted by molar-refractivity contribution is 6.00. The minimum atomic E-state index is -0.689. The number of benzene rings is 3. The molecule has 0 saturated carbocycles. The Morgan fingerprint density at radius 2 is 1.69 bits per heavy atom. The second-order valence-electron chi connectivity index (χ2n) is 7.81. The van der Waals surface area contributed by atoms with Crippen LogP contribution in [0.3, 0.4) is 0 Å². The van der Waals surface area contributed by atoms with Crippen molar-refractivity contribution in [3.05, 3.63) is 78.6 Å². The maximum absolute atomic E-state index is 12.9. The average molecular weight is 478 g/mol. The summed E-state index contributed by atoms with van der Waals surface area (Å²) in [6, 6.07) is 19.4. The van der Waals surface area contributed by atoms with Gasteiger partial charge < -0.3 is 24.4 Å². The molecule has 1 heterocycles. The van der Waals surface area contributed by atoms with Gasteiger partial charge in [-0.2, -0.15) is 0 Å². The van der Waals surface area contributed by atoms with Gasteiger partial charge in [-0.05, 0) is 60.7 Å². The van der Waals surface area contributed by atoms with Gasteiger partial charge in [-0.1, -0.05) is 12.1 Å². The Morgan fingerprint density at radius 3 is 2.37 bits per heavy atom. The third-order valence-electron chi connectivity index (χ3n) is 5.38. The van der Waals surface area contributed by atoms with E-state index in [2.05, 4.69) is 5.32 Å². The number of nitrogens with zero attached hydrogens (tertiary/aromatic N) is 1. The van der Waals surface area contributed by atoms with E-state index < -0.39 is 30.2 Å². The Kier molecular flexibility index (Phi) is 7.25. The number of anilines is 2. The standard InChI is InChI=1S/C26H23FN2O6/c1-33-22-4-2-3-5-23(22)35-21-12-10-20(11-13-21)29-15-17(14-25(29)31)26(32)34-16-24(30)28-19-8-6-18(27)7-9-19/h2-13,17H,14-16H2,1H3,(H,28,30)/t17-/m1/s1. The number of rotatable bonds is 8. The summed E-state index contributed by atoms with van der Waals surface area (Å²) in [6.07, 6.45) is -0.0160. The van der Waals surface area contributed by atoms with Crippen molar-refractivity contribution in [1.29, 1.82) is 0 Å². The van der Waals surface area contributed by atoms with Crippen LogP contribution < -0.4 is 19.7 Å². The zero-order valence-electron chi connectivity index (χ0n) is 18.9. The van der Waals surface area contributed by atoms with Crippen molar-refractivity contribution in [2.24, 2.45) is 5.92 Å². The Balaban J connectivity index is 1.30. The minimum Gasteiger partial charge on any atom is -0.493 e. The highest BCUT2D eigenvalue weighted by atomic mass is 19.1. The van der Waals surface area contributed by atoms with E-state index in [1.165, 1.54) is 29.2 Å². The van der Waals surface area contributed by atoms with E-state index >= 15 is 0 Å². The van der Waals surface area contributed by atoms with Crippen molar-refractivity contribution < 1.29 is 33.0 Å². The van der Waals surface area contributed by atoms with Crippen LogP contribution in [-0.4, -0.2) is 38.0 Å². The fourth-order valence-corrected chi connectivity index (χ4v) is 3.62. The second kappa shape index (κ2) is 10.7. The lowest BCUT2D eigenvalue weighted by molar-refractivity contribution is -0.151. The van der Waals surface area contributed by atoms with Crippen LogP contribution in [0.2, 0.25) is 0 Å². The van der Waals surface area contributed by atoms with Crippen LogP contribution in [0.1, 0.15) is 6.42 Å². The first kappa shape index (κ1) is 23.7. The molecule has 9 heteroatoms. The van der Waals surface area contributed by atoms with Crippen LogP contribution >= 0.6 is 0 Å². The molecule has 1 fully saturated rings. The van der Waals surface area contributed by atoms with E-state index in [1.807, 2.05) is 12.1 Å². The molecule has 3 aromatic rings. The van der Waals surface area contributed by atoms with E-state index in [1.54, 1.807) is 43.5 Å². The Hall–Kier alpha value is -4.40. The number of para-hydroxylation sites is 2. The van der Waals surface area contributed by atoms with E-state index in [4.69, 9.17) is 14.2 Å². The first-order valence-electron chi connectivity index (χ1n) is 10.9. The van der Waals surface area contributed by atoms with Crippen molar-refractivity contribution in [3.63, 3.8) is 0 Å². The number of nitrogens with one attached hydrogen (secondary N) is 1. The smallest absolute Gasteiger partial charge is 0.311 e. The van der Waals surface area contributed by atoms with E-state index in [9.17, 15) is 18.8 Å². The molecule has 0 unspecified atom stereocenters. The molecule has 0 radical (unpaired) electrons. The Bertz CT molecular complexity index is 1210. The summed E-state index contributed by atoms with van der Waals surface area (Å²) in [7, 11) is 1.56. The quantitative estimate of drug-likeness (QED) is 0.489. The zero-order chi connectivity index (χ0) is 24.8. The van der Waals surface area contributed by atoms with Crippen molar-refractivity contribution in [2.75, 3.05) is 30.5 Å². The third kappa shape index (κ3) is 5.94. The zero-order valence-corrected chi connectivity index (χ0v) is 18.9. The molecular weight excluding hydrogens is 455 g/mol. The lowest BCUT2D eigenvalue weighted by atomic mass is 10.1. The minimum absolute atomic E-state index is 0.0160. The molecule has 3 aromatic carbocycles. The van der Waals surface area contributed by atoms with Crippen LogP contribution in [0.4, 0.5) is 15.8 Å². The molecule has 4 rings (SSSR count). The molecule has 0 aromatic heterocycles. The largest absolute Gasteiger partial charge is 0.493 e. The maximum Gasteiger partial charge on any atom is 0.311 e. The lowest BCUT2D eigenvalue weighted by Crippen LogP contribution is -2.28. The molecule has 1 atom stereocenters. The fraction of sp³-hybridized carbons (Fsp3) is 0.192. The van der Waals surface area contributed by atoms with Gasteiger partial charge in [0.15, 0.2) is 18.1 Å². The highest BCUT2D eigenvalue weighted by Crippen LogP contribution is 2.33. The molecule has 1 saturated heterocycles. The molecule has 1 aliphatic rings. The van der Waals surface area contributed by atoms with Crippen LogP contribution in [0.15, 0.2) is 72.8 Å². The first-order valence-corrected chi connectivity index (χ1v) is 10.9. The summed E-state index contributed by atoms with van der Waals surface area (Å²) in [5.74, 6) is -0.809. The number of amides is 2. The first-order chi connectivity index (χ1) is 16.9. The van der Waals surface area contributed by atoms with Gasteiger partial charge in [0.2, 0.25) is 5.91 Å². The second-order valence-corrected chi connectivity index (χ2v) is 7.81. The van der Waals surface area contributed by atoms with E-state index in [0.29, 0.717) is 28.6 Å². The highest BCUT2D eigenvalue weighted by Gasteiger charge is 2.36. The monoisotopic (exact) mass is 478 g/mol. The molecule has 180 valence electrons.